The smallest absolute Gasteiger partial charge is 0.305 e. The Morgan fingerprint density at radius 3 is 2.78 bits per heavy atom. The van der Waals surface area contributed by atoms with Crippen LogP contribution in [0.15, 0.2) is 12.1 Å². The molecule has 0 aliphatic carbocycles. The van der Waals surface area contributed by atoms with Gasteiger partial charge < -0.3 is 11.1 Å². The number of rotatable bonds is 5. The molecule has 1 rings (SSSR count). The van der Waals surface area contributed by atoms with Gasteiger partial charge in [0.25, 0.3) is 0 Å². The van der Waals surface area contributed by atoms with Gasteiger partial charge >= 0.3 is 5.69 Å². The summed E-state index contributed by atoms with van der Waals surface area (Å²) in [6.07, 6.45) is 0. The second-order valence-corrected chi connectivity index (χ2v) is 4.22. The zero-order chi connectivity index (χ0) is 13.7. The maximum absolute atomic E-state index is 10.6. The molecule has 0 aliphatic rings. The SMILES string of the molecule is CC(C)C(N)CNc1ccc([N+](=O)[O-])c(C#N)n1. The third-order valence-corrected chi connectivity index (χ3v) is 2.55. The summed E-state index contributed by atoms with van der Waals surface area (Å²) in [5, 5.41) is 22.4. The van der Waals surface area contributed by atoms with Crippen LogP contribution in [0.4, 0.5) is 11.5 Å². The van der Waals surface area contributed by atoms with Crippen molar-refractivity contribution in [2.45, 2.75) is 19.9 Å². The van der Waals surface area contributed by atoms with Gasteiger partial charge in [-0.3, -0.25) is 10.1 Å². The molecule has 3 N–H and O–H groups in total. The second-order valence-electron chi connectivity index (χ2n) is 4.22. The van der Waals surface area contributed by atoms with Gasteiger partial charge in [-0.05, 0) is 12.0 Å². The molecular formula is C11H15N5O2. The average molecular weight is 249 g/mol. The molecule has 1 aromatic heterocycles. The van der Waals surface area contributed by atoms with Crippen molar-refractivity contribution in [2.24, 2.45) is 11.7 Å². The molecule has 0 aliphatic heterocycles. The summed E-state index contributed by atoms with van der Waals surface area (Å²) in [5.74, 6) is 0.722. The minimum Gasteiger partial charge on any atom is -0.368 e. The fourth-order valence-electron chi connectivity index (χ4n) is 1.24. The molecule has 0 amide bonds. The first-order chi connectivity index (χ1) is 8.45. The van der Waals surface area contributed by atoms with Crippen molar-refractivity contribution in [2.75, 3.05) is 11.9 Å². The lowest BCUT2D eigenvalue weighted by Crippen LogP contribution is -2.34. The highest BCUT2D eigenvalue weighted by Crippen LogP contribution is 2.18. The number of nitro groups is 1. The van der Waals surface area contributed by atoms with Gasteiger partial charge in [-0.1, -0.05) is 13.8 Å². The van der Waals surface area contributed by atoms with E-state index in [1.54, 1.807) is 6.07 Å². The van der Waals surface area contributed by atoms with Crippen LogP contribution in [0, 0.1) is 27.4 Å². The predicted octanol–water partition coefficient (Wildman–Crippen LogP) is 1.26. The number of hydrogen-bond acceptors (Lipinski definition) is 6. The first-order valence-electron chi connectivity index (χ1n) is 5.50. The Labute approximate surface area is 105 Å². The largest absolute Gasteiger partial charge is 0.368 e. The number of anilines is 1. The topological polar surface area (TPSA) is 118 Å². The van der Waals surface area contributed by atoms with E-state index >= 15 is 0 Å². The van der Waals surface area contributed by atoms with Gasteiger partial charge in [0.2, 0.25) is 5.69 Å². The van der Waals surface area contributed by atoms with Crippen LogP contribution in [0.25, 0.3) is 0 Å². The van der Waals surface area contributed by atoms with Gasteiger partial charge in [-0.15, -0.1) is 0 Å². The Balaban J connectivity index is 2.81. The summed E-state index contributed by atoms with van der Waals surface area (Å²) in [6, 6.07) is 4.38. The third-order valence-electron chi connectivity index (χ3n) is 2.55. The Bertz CT molecular complexity index is 481. The number of nitrogens with two attached hydrogens (primary N) is 1. The first kappa shape index (κ1) is 13.9. The van der Waals surface area contributed by atoms with E-state index in [4.69, 9.17) is 11.0 Å². The van der Waals surface area contributed by atoms with E-state index in [1.807, 2.05) is 13.8 Å². The lowest BCUT2D eigenvalue weighted by Gasteiger charge is -2.16. The number of aromatic nitrogens is 1. The highest BCUT2D eigenvalue weighted by atomic mass is 16.6. The third kappa shape index (κ3) is 3.40. The van der Waals surface area contributed by atoms with Gasteiger partial charge in [-0.2, -0.15) is 5.26 Å². The van der Waals surface area contributed by atoms with Crippen LogP contribution < -0.4 is 11.1 Å². The summed E-state index contributed by atoms with van der Waals surface area (Å²) >= 11 is 0. The van der Waals surface area contributed by atoms with Crippen molar-refractivity contribution in [3.05, 3.63) is 27.9 Å². The standard InChI is InChI=1S/C11H15N5O2/c1-7(2)8(13)6-14-11-4-3-10(16(17)18)9(5-12)15-11/h3-4,7-8H,6,13H2,1-2H3,(H,14,15). The zero-order valence-corrected chi connectivity index (χ0v) is 10.3. The molecule has 1 heterocycles. The van der Waals surface area contributed by atoms with Gasteiger partial charge in [-0.25, -0.2) is 4.98 Å². The van der Waals surface area contributed by atoms with E-state index in [-0.39, 0.29) is 17.4 Å². The monoisotopic (exact) mass is 249 g/mol. The van der Waals surface area contributed by atoms with Crippen LogP contribution in [0.3, 0.4) is 0 Å². The fourth-order valence-corrected chi connectivity index (χ4v) is 1.24. The normalized spacial score (nSPS) is 11.9. The van der Waals surface area contributed by atoms with Crippen molar-refractivity contribution >= 4 is 11.5 Å². The van der Waals surface area contributed by atoms with Crippen LogP contribution in [0.5, 0.6) is 0 Å². The number of hydrogen-bond donors (Lipinski definition) is 2. The van der Waals surface area contributed by atoms with Gasteiger partial charge in [0.1, 0.15) is 11.9 Å². The molecule has 0 spiro atoms. The molecule has 0 saturated heterocycles. The van der Waals surface area contributed by atoms with Gasteiger partial charge in [0, 0.05) is 18.7 Å². The van der Waals surface area contributed by atoms with Crippen LogP contribution >= 0.6 is 0 Å². The summed E-state index contributed by atoms with van der Waals surface area (Å²) in [6.45, 7) is 4.49. The molecule has 1 atom stereocenters. The summed E-state index contributed by atoms with van der Waals surface area (Å²) in [4.78, 5) is 13.9. The van der Waals surface area contributed by atoms with E-state index in [9.17, 15) is 10.1 Å². The van der Waals surface area contributed by atoms with E-state index in [2.05, 4.69) is 10.3 Å². The molecule has 0 fully saturated rings. The summed E-state index contributed by atoms with van der Waals surface area (Å²) in [5.41, 5.74) is 5.35. The van der Waals surface area contributed by atoms with Crippen LogP contribution in [0.2, 0.25) is 0 Å². The quantitative estimate of drug-likeness (QED) is 0.599. The van der Waals surface area contributed by atoms with E-state index in [0.717, 1.165) is 0 Å². The van der Waals surface area contributed by atoms with Crippen molar-refractivity contribution in [3.63, 3.8) is 0 Å². The summed E-state index contributed by atoms with van der Waals surface area (Å²) < 4.78 is 0. The lowest BCUT2D eigenvalue weighted by atomic mass is 10.1. The minimum absolute atomic E-state index is 0.0486. The molecule has 7 heteroatoms. The Kier molecular flexibility index (Phi) is 4.57. The van der Waals surface area contributed by atoms with Crippen molar-refractivity contribution < 1.29 is 4.92 Å². The van der Waals surface area contributed by atoms with Crippen molar-refractivity contribution in [1.29, 1.82) is 5.26 Å². The molecular weight excluding hydrogens is 234 g/mol. The number of pyridine rings is 1. The lowest BCUT2D eigenvalue weighted by molar-refractivity contribution is -0.385. The number of nitrogens with one attached hydrogen (secondary N) is 1. The first-order valence-corrected chi connectivity index (χ1v) is 5.50. The zero-order valence-electron chi connectivity index (χ0n) is 10.3. The molecule has 0 radical (unpaired) electrons. The number of nitrogens with zero attached hydrogens (tertiary/aromatic N) is 3. The molecule has 1 unspecified atom stereocenters. The van der Waals surface area contributed by atoms with Gasteiger partial charge in [0.15, 0.2) is 0 Å². The van der Waals surface area contributed by atoms with E-state index in [1.165, 1.54) is 12.1 Å². The molecule has 7 nitrogen and oxygen atoms in total. The van der Waals surface area contributed by atoms with Crippen LogP contribution in [-0.2, 0) is 0 Å². The van der Waals surface area contributed by atoms with E-state index < -0.39 is 4.92 Å². The Hall–Kier alpha value is -2.20. The molecule has 0 saturated carbocycles. The number of nitriles is 1. The Morgan fingerprint density at radius 2 is 2.28 bits per heavy atom. The molecule has 0 aromatic carbocycles. The summed E-state index contributed by atoms with van der Waals surface area (Å²) in [7, 11) is 0. The highest BCUT2D eigenvalue weighted by molar-refractivity contribution is 5.50. The van der Waals surface area contributed by atoms with Crippen LogP contribution in [0.1, 0.15) is 19.5 Å². The van der Waals surface area contributed by atoms with Gasteiger partial charge in [0.05, 0.1) is 4.92 Å². The second kappa shape index (κ2) is 5.93. The predicted molar refractivity (Wildman–Crippen MR) is 66.9 cm³/mol. The molecule has 96 valence electrons. The molecule has 1 aromatic rings. The average Bonchev–Trinajstić information content (AvgIpc) is 2.34. The van der Waals surface area contributed by atoms with Crippen molar-refractivity contribution in [3.8, 4) is 6.07 Å². The van der Waals surface area contributed by atoms with Crippen molar-refractivity contribution in [1.82, 2.24) is 4.98 Å². The maximum atomic E-state index is 10.6. The van der Waals surface area contributed by atoms with E-state index in [0.29, 0.717) is 18.3 Å². The fraction of sp³-hybridized carbons (Fsp3) is 0.455. The molecule has 18 heavy (non-hydrogen) atoms. The highest BCUT2D eigenvalue weighted by Gasteiger charge is 2.16. The maximum Gasteiger partial charge on any atom is 0.305 e. The Morgan fingerprint density at radius 1 is 1.61 bits per heavy atom. The minimum atomic E-state index is -0.630. The van der Waals surface area contributed by atoms with Crippen LogP contribution in [-0.4, -0.2) is 22.5 Å². The molecule has 0 bridgehead atoms.